The summed E-state index contributed by atoms with van der Waals surface area (Å²) in [5.74, 6) is -1.25. The fourth-order valence-corrected chi connectivity index (χ4v) is 3.06. The lowest BCUT2D eigenvalue weighted by atomic mass is 10.1. The number of aliphatic carboxylic acids is 1. The zero-order valence-electron chi connectivity index (χ0n) is 13.5. The quantitative estimate of drug-likeness (QED) is 0.772. The number of carboxylic acid groups (broad SMARTS) is 1. The van der Waals surface area contributed by atoms with Gasteiger partial charge >= 0.3 is 5.97 Å². The molecule has 1 heterocycles. The summed E-state index contributed by atoms with van der Waals surface area (Å²) in [5, 5.41) is 11.5. The van der Waals surface area contributed by atoms with Crippen molar-refractivity contribution >= 4 is 33.7 Å². The summed E-state index contributed by atoms with van der Waals surface area (Å²) in [4.78, 5) is 37.3. The highest BCUT2D eigenvalue weighted by molar-refractivity contribution is 9.10. The number of rotatable bonds is 6. The Labute approximate surface area is 149 Å². The lowest BCUT2D eigenvalue weighted by molar-refractivity contribution is -0.137. The third kappa shape index (κ3) is 4.80. The molecule has 1 aliphatic heterocycles. The molecule has 0 aliphatic carbocycles. The Balaban J connectivity index is 1.98. The highest BCUT2D eigenvalue weighted by Gasteiger charge is 2.34. The van der Waals surface area contributed by atoms with Crippen LogP contribution in [0, 0.1) is 0 Å². The summed E-state index contributed by atoms with van der Waals surface area (Å²) in [7, 11) is 0. The van der Waals surface area contributed by atoms with E-state index < -0.39 is 12.0 Å². The minimum absolute atomic E-state index is 0.00759. The number of carbonyl (C=O) groups is 3. The van der Waals surface area contributed by atoms with E-state index >= 15 is 0 Å². The average Bonchev–Trinajstić information content (AvgIpc) is 3.02. The van der Waals surface area contributed by atoms with E-state index in [-0.39, 0.29) is 24.3 Å². The van der Waals surface area contributed by atoms with Crippen molar-refractivity contribution in [1.82, 2.24) is 10.2 Å². The van der Waals surface area contributed by atoms with Gasteiger partial charge in [-0.3, -0.25) is 14.4 Å². The molecule has 2 amide bonds. The molecule has 2 rings (SSSR count). The van der Waals surface area contributed by atoms with Gasteiger partial charge in [0.05, 0.1) is 0 Å². The standard InChI is InChI=1S/C17H21BrN2O4/c1-11(4-9-15(21)22)19-16(23)14-3-2-10-20(14)17(24)12-5-7-13(18)8-6-12/h5-8,11,14H,2-4,9-10H2,1H3,(H,19,23)(H,21,22). The second-order valence-corrected chi connectivity index (χ2v) is 6.92. The molecule has 1 fully saturated rings. The topological polar surface area (TPSA) is 86.7 Å². The molecule has 24 heavy (non-hydrogen) atoms. The van der Waals surface area contributed by atoms with Crippen molar-refractivity contribution in [3.05, 3.63) is 34.3 Å². The van der Waals surface area contributed by atoms with Crippen molar-refractivity contribution in [2.45, 2.75) is 44.7 Å². The number of hydrogen-bond donors (Lipinski definition) is 2. The molecule has 1 aliphatic rings. The van der Waals surface area contributed by atoms with Crippen LogP contribution < -0.4 is 5.32 Å². The van der Waals surface area contributed by atoms with Gasteiger partial charge in [-0.25, -0.2) is 0 Å². The number of carbonyl (C=O) groups excluding carboxylic acids is 2. The molecule has 0 bridgehead atoms. The van der Waals surface area contributed by atoms with Crippen LogP contribution in [0.25, 0.3) is 0 Å². The van der Waals surface area contributed by atoms with Gasteiger partial charge in [0.2, 0.25) is 5.91 Å². The van der Waals surface area contributed by atoms with Crippen LogP contribution in [0.3, 0.4) is 0 Å². The van der Waals surface area contributed by atoms with Crippen LogP contribution in [-0.4, -0.2) is 46.4 Å². The molecule has 2 unspecified atom stereocenters. The molecule has 0 saturated carbocycles. The first kappa shape index (κ1) is 18.4. The normalized spacial score (nSPS) is 18.2. The Morgan fingerprint density at radius 2 is 2.00 bits per heavy atom. The van der Waals surface area contributed by atoms with Crippen LogP contribution in [0.15, 0.2) is 28.7 Å². The lowest BCUT2D eigenvalue weighted by Crippen LogP contribution is -2.48. The molecule has 130 valence electrons. The van der Waals surface area contributed by atoms with E-state index in [9.17, 15) is 14.4 Å². The number of nitrogens with zero attached hydrogens (tertiary/aromatic N) is 1. The Kier molecular flexibility index (Phi) is 6.36. The maximum absolute atomic E-state index is 12.6. The molecule has 0 radical (unpaired) electrons. The molecule has 1 aromatic rings. The molecule has 1 aromatic carbocycles. The minimum Gasteiger partial charge on any atom is -0.481 e. The van der Waals surface area contributed by atoms with Crippen LogP contribution in [-0.2, 0) is 9.59 Å². The molecule has 7 heteroatoms. The van der Waals surface area contributed by atoms with Crippen LogP contribution in [0.2, 0.25) is 0 Å². The Morgan fingerprint density at radius 1 is 1.33 bits per heavy atom. The van der Waals surface area contributed by atoms with E-state index in [0.29, 0.717) is 24.9 Å². The monoisotopic (exact) mass is 396 g/mol. The van der Waals surface area contributed by atoms with Gasteiger partial charge in [0.25, 0.3) is 5.91 Å². The maximum Gasteiger partial charge on any atom is 0.303 e. The highest BCUT2D eigenvalue weighted by atomic mass is 79.9. The Morgan fingerprint density at radius 3 is 2.62 bits per heavy atom. The fourth-order valence-electron chi connectivity index (χ4n) is 2.79. The van der Waals surface area contributed by atoms with Crippen LogP contribution >= 0.6 is 15.9 Å². The summed E-state index contributed by atoms with van der Waals surface area (Å²) in [6.45, 7) is 2.33. The van der Waals surface area contributed by atoms with Crippen LogP contribution in [0.4, 0.5) is 0 Å². The zero-order valence-corrected chi connectivity index (χ0v) is 15.1. The molecule has 2 N–H and O–H groups in total. The van der Waals surface area contributed by atoms with Crippen LogP contribution in [0.1, 0.15) is 43.0 Å². The zero-order chi connectivity index (χ0) is 17.7. The predicted molar refractivity (Wildman–Crippen MR) is 92.7 cm³/mol. The first-order chi connectivity index (χ1) is 11.4. The molecule has 0 spiro atoms. The van der Waals surface area contributed by atoms with Gasteiger partial charge in [-0.15, -0.1) is 0 Å². The number of carboxylic acids is 1. The summed E-state index contributed by atoms with van der Waals surface area (Å²) in [5.41, 5.74) is 0.553. The second-order valence-electron chi connectivity index (χ2n) is 6.01. The molecule has 1 saturated heterocycles. The summed E-state index contributed by atoms with van der Waals surface area (Å²) >= 11 is 3.33. The van der Waals surface area contributed by atoms with Crippen molar-refractivity contribution in [2.75, 3.05) is 6.54 Å². The number of hydrogen-bond acceptors (Lipinski definition) is 3. The van der Waals surface area contributed by atoms with E-state index in [1.807, 2.05) is 0 Å². The molecule has 0 aromatic heterocycles. The van der Waals surface area contributed by atoms with Crippen molar-refractivity contribution in [2.24, 2.45) is 0 Å². The van der Waals surface area contributed by atoms with Gasteiger partial charge in [0.15, 0.2) is 0 Å². The molecular weight excluding hydrogens is 376 g/mol. The molecular formula is C17H21BrN2O4. The number of amides is 2. The SMILES string of the molecule is CC(CCC(=O)O)NC(=O)C1CCCN1C(=O)c1ccc(Br)cc1. The average molecular weight is 397 g/mol. The van der Waals surface area contributed by atoms with Crippen molar-refractivity contribution in [1.29, 1.82) is 0 Å². The fraction of sp³-hybridized carbons (Fsp3) is 0.471. The predicted octanol–water partition coefficient (Wildman–Crippen LogP) is 2.42. The van der Waals surface area contributed by atoms with Gasteiger partial charge in [-0.05, 0) is 50.5 Å². The number of nitrogens with one attached hydrogen (secondary N) is 1. The third-order valence-corrected chi connectivity index (χ3v) is 4.62. The lowest BCUT2D eigenvalue weighted by Gasteiger charge is -2.25. The van der Waals surface area contributed by atoms with Crippen molar-refractivity contribution in [3.63, 3.8) is 0 Å². The molecule has 6 nitrogen and oxygen atoms in total. The van der Waals surface area contributed by atoms with E-state index in [0.717, 1.165) is 10.9 Å². The van der Waals surface area contributed by atoms with Gasteiger partial charge in [-0.1, -0.05) is 15.9 Å². The molecule has 2 atom stereocenters. The summed E-state index contributed by atoms with van der Waals surface area (Å²) in [6.07, 6.45) is 1.78. The summed E-state index contributed by atoms with van der Waals surface area (Å²) in [6, 6.07) is 6.33. The van der Waals surface area contributed by atoms with E-state index in [1.165, 1.54) is 0 Å². The Hall–Kier alpha value is -1.89. The van der Waals surface area contributed by atoms with E-state index in [1.54, 1.807) is 36.1 Å². The van der Waals surface area contributed by atoms with Crippen LogP contribution in [0.5, 0.6) is 0 Å². The van der Waals surface area contributed by atoms with Gasteiger partial charge < -0.3 is 15.3 Å². The van der Waals surface area contributed by atoms with Gasteiger partial charge in [-0.2, -0.15) is 0 Å². The smallest absolute Gasteiger partial charge is 0.303 e. The third-order valence-electron chi connectivity index (χ3n) is 4.09. The number of likely N-dealkylation sites (tertiary alicyclic amines) is 1. The highest BCUT2D eigenvalue weighted by Crippen LogP contribution is 2.21. The van der Waals surface area contributed by atoms with E-state index in [2.05, 4.69) is 21.2 Å². The number of benzene rings is 1. The van der Waals surface area contributed by atoms with Crippen molar-refractivity contribution < 1.29 is 19.5 Å². The van der Waals surface area contributed by atoms with Crippen molar-refractivity contribution in [3.8, 4) is 0 Å². The largest absolute Gasteiger partial charge is 0.481 e. The first-order valence-corrected chi connectivity index (χ1v) is 8.76. The summed E-state index contributed by atoms with van der Waals surface area (Å²) < 4.78 is 0.891. The minimum atomic E-state index is -0.885. The Bertz CT molecular complexity index is 618. The maximum atomic E-state index is 12.6. The first-order valence-electron chi connectivity index (χ1n) is 7.97. The van der Waals surface area contributed by atoms with Gasteiger partial charge in [0, 0.05) is 29.0 Å². The second kappa shape index (κ2) is 8.28. The number of halogens is 1. The van der Waals surface area contributed by atoms with Gasteiger partial charge in [0.1, 0.15) is 6.04 Å². The van der Waals surface area contributed by atoms with E-state index in [4.69, 9.17) is 5.11 Å².